The maximum Gasteiger partial charge on any atom is 0.329 e. The number of hydrogen-bond donors (Lipinski definition) is 3. The van der Waals surface area contributed by atoms with Crippen molar-refractivity contribution < 1.29 is 18.0 Å². The average molecular weight is 375 g/mol. The van der Waals surface area contributed by atoms with Gasteiger partial charge in [0.1, 0.15) is 0 Å². The summed E-state index contributed by atoms with van der Waals surface area (Å²) in [4.78, 5) is 25.4. The highest BCUT2D eigenvalue weighted by molar-refractivity contribution is 7.87. The van der Waals surface area contributed by atoms with Crippen LogP contribution >= 0.6 is 0 Å². The zero-order chi connectivity index (χ0) is 18.3. The predicted molar refractivity (Wildman–Crippen MR) is 94.3 cm³/mol. The van der Waals surface area contributed by atoms with Crippen LogP contribution in [-0.2, 0) is 10.2 Å². The molecule has 2 rings (SSSR count). The molecule has 1 saturated heterocycles. The smallest absolute Gasteiger partial charge is 0.329 e. The van der Waals surface area contributed by atoms with Crippen LogP contribution < -0.4 is 15.4 Å². The van der Waals surface area contributed by atoms with Crippen molar-refractivity contribution in [1.82, 2.24) is 24.6 Å². The lowest BCUT2D eigenvalue weighted by Gasteiger charge is -2.33. The van der Waals surface area contributed by atoms with E-state index >= 15 is 0 Å². The summed E-state index contributed by atoms with van der Waals surface area (Å²) in [5, 5.41) is 5.46. The lowest BCUT2D eigenvalue weighted by molar-refractivity contribution is 0.172. The van der Waals surface area contributed by atoms with Gasteiger partial charge in [-0.3, -0.25) is 0 Å². The van der Waals surface area contributed by atoms with Gasteiger partial charge in [-0.1, -0.05) is 25.7 Å². The molecule has 2 fully saturated rings. The zero-order valence-electron chi connectivity index (χ0n) is 14.8. The van der Waals surface area contributed by atoms with Crippen LogP contribution in [0, 0.1) is 0 Å². The maximum absolute atomic E-state index is 12.3. The van der Waals surface area contributed by atoms with Crippen LogP contribution in [0.3, 0.4) is 0 Å². The minimum Gasteiger partial charge on any atom is -0.338 e. The Morgan fingerprint density at radius 1 is 1.00 bits per heavy atom. The van der Waals surface area contributed by atoms with Crippen LogP contribution in [0.5, 0.6) is 0 Å². The Bertz CT molecular complexity index is 552. The average Bonchev–Trinajstić information content (AvgIpc) is 2.83. The van der Waals surface area contributed by atoms with Crippen molar-refractivity contribution in [2.45, 2.75) is 51.5 Å². The third-order valence-electron chi connectivity index (χ3n) is 4.61. The van der Waals surface area contributed by atoms with E-state index in [2.05, 4.69) is 15.4 Å². The van der Waals surface area contributed by atoms with Gasteiger partial charge in [0.15, 0.2) is 0 Å². The van der Waals surface area contributed by atoms with Gasteiger partial charge in [-0.05, 0) is 19.8 Å². The Balaban J connectivity index is 1.81. The van der Waals surface area contributed by atoms with Gasteiger partial charge in [0.05, 0.1) is 0 Å². The molecule has 0 aromatic carbocycles. The zero-order valence-corrected chi connectivity index (χ0v) is 15.6. The number of carbonyl (C=O) groups is 2. The Morgan fingerprint density at radius 3 is 2.16 bits per heavy atom. The molecule has 9 nitrogen and oxygen atoms in total. The van der Waals surface area contributed by atoms with Crippen molar-refractivity contribution in [3.63, 3.8) is 0 Å². The van der Waals surface area contributed by atoms with Crippen molar-refractivity contribution in [2.24, 2.45) is 0 Å². The van der Waals surface area contributed by atoms with Crippen LogP contribution in [0.15, 0.2) is 0 Å². The molecule has 0 spiro atoms. The quantitative estimate of drug-likeness (QED) is 0.625. The van der Waals surface area contributed by atoms with E-state index in [0.717, 1.165) is 38.5 Å². The molecule has 0 aromatic heterocycles. The van der Waals surface area contributed by atoms with Crippen LogP contribution in [0.4, 0.5) is 9.59 Å². The summed E-state index contributed by atoms with van der Waals surface area (Å²) in [6, 6.07) is -0.830. The predicted octanol–water partition coefficient (Wildman–Crippen LogP) is 0.600. The molecule has 144 valence electrons. The number of urea groups is 2. The standard InChI is InChI=1S/C15H29N5O4S/c1-2-16-15(22)19-9-11-20(12-10-19)25(23,24)18-14(21)17-13-7-5-3-4-6-8-13/h13H,2-12H2,1H3,(H,16,22)(H2,17,18,21). The fourth-order valence-corrected chi connectivity index (χ4v) is 4.28. The minimum absolute atomic E-state index is 0.0345. The van der Waals surface area contributed by atoms with Crippen LogP contribution in [-0.4, -0.2) is 68.5 Å². The molecule has 1 aliphatic heterocycles. The largest absolute Gasteiger partial charge is 0.338 e. The maximum atomic E-state index is 12.3. The molecular formula is C15H29N5O4S. The molecule has 1 saturated carbocycles. The summed E-state index contributed by atoms with van der Waals surface area (Å²) >= 11 is 0. The van der Waals surface area contributed by atoms with Crippen molar-refractivity contribution in [2.75, 3.05) is 32.7 Å². The van der Waals surface area contributed by atoms with Gasteiger partial charge < -0.3 is 15.5 Å². The van der Waals surface area contributed by atoms with E-state index in [1.54, 1.807) is 4.90 Å². The number of nitrogens with one attached hydrogen (secondary N) is 3. The van der Waals surface area contributed by atoms with Gasteiger partial charge in [-0.15, -0.1) is 0 Å². The SMILES string of the molecule is CCNC(=O)N1CCN(S(=O)(=O)NC(=O)NC2CCCCCC2)CC1. The van der Waals surface area contributed by atoms with E-state index in [9.17, 15) is 18.0 Å². The van der Waals surface area contributed by atoms with E-state index in [1.807, 2.05) is 6.92 Å². The summed E-state index contributed by atoms with van der Waals surface area (Å²) in [7, 11) is -3.89. The third-order valence-corrected chi connectivity index (χ3v) is 6.09. The number of amides is 4. The van der Waals surface area contributed by atoms with Gasteiger partial charge in [0, 0.05) is 38.8 Å². The van der Waals surface area contributed by atoms with Crippen molar-refractivity contribution in [3.8, 4) is 0 Å². The molecule has 2 aliphatic rings. The Kier molecular flexibility index (Phi) is 7.30. The Labute approximate surface area is 149 Å². The summed E-state index contributed by atoms with van der Waals surface area (Å²) in [5.41, 5.74) is 0. The minimum atomic E-state index is -3.89. The van der Waals surface area contributed by atoms with E-state index in [1.165, 1.54) is 4.31 Å². The molecule has 0 atom stereocenters. The van der Waals surface area contributed by atoms with E-state index in [0.29, 0.717) is 19.6 Å². The van der Waals surface area contributed by atoms with E-state index in [4.69, 9.17) is 0 Å². The summed E-state index contributed by atoms with van der Waals surface area (Å²) < 4.78 is 28.0. The van der Waals surface area contributed by atoms with Gasteiger partial charge >= 0.3 is 22.3 Å². The van der Waals surface area contributed by atoms with E-state index < -0.39 is 16.2 Å². The second-order valence-electron chi connectivity index (χ2n) is 6.49. The number of rotatable bonds is 4. The topological polar surface area (TPSA) is 111 Å². The number of carbonyl (C=O) groups excluding carboxylic acids is 2. The molecule has 0 bridgehead atoms. The Morgan fingerprint density at radius 2 is 1.60 bits per heavy atom. The second kappa shape index (κ2) is 9.23. The highest BCUT2D eigenvalue weighted by Gasteiger charge is 2.30. The van der Waals surface area contributed by atoms with Crippen LogP contribution in [0.25, 0.3) is 0 Å². The Hall–Kier alpha value is -1.55. The fourth-order valence-electron chi connectivity index (χ4n) is 3.21. The molecule has 1 heterocycles. The monoisotopic (exact) mass is 375 g/mol. The van der Waals surface area contributed by atoms with Crippen LogP contribution in [0.1, 0.15) is 45.4 Å². The van der Waals surface area contributed by atoms with Gasteiger partial charge in [-0.2, -0.15) is 12.7 Å². The number of hydrogen-bond acceptors (Lipinski definition) is 4. The van der Waals surface area contributed by atoms with Crippen LogP contribution in [0.2, 0.25) is 0 Å². The molecular weight excluding hydrogens is 346 g/mol. The summed E-state index contributed by atoms with van der Waals surface area (Å²) in [6.45, 7) is 3.30. The fraction of sp³-hybridized carbons (Fsp3) is 0.867. The second-order valence-corrected chi connectivity index (χ2v) is 8.16. The molecule has 1 aliphatic carbocycles. The number of nitrogens with zero attached hydrogens (tertiary/aromatic N) is 2. The highest BCUT2D eigenvalue weighted by Crippen LogP contribution is 2.17. The normalized spacial score (nSPS) is 20.6. The van der Waals surface area contributed by atoms with Crippen molar-refractivity contribution >= 4 is 22.3 Å². The molecule has 25 heavy (non-hydrogen) atoms. The third kappa shape index (κ3) is 6.03. The number of piperazine rings is 1. The first kappa shape index (κ1) is 19.8. The van der Waals surface area contributed by atoms with E-state index in [-0.39, 0.29) is 25.2 Å². The summed E-state index contributed by atoms with van der Waals surface area (Å²) in [6.07, 6.45) is 6.21. The molecule has 4 amide bonds. The van der Waals surface area contributed by atoms with Gasteiger partial charge in [-0.25, -0.2) is 14.3 Å². The van der Waals surface area contributed by atoms with Gasteiger partial charge in [0.25, 0.3) is 0 Å². The van der Waals surface area contributed by atoms with Gasteiger partial charge in [0.2, 0.25) is 0 Å². The summed E-state index contributed by atoms with van der Waals surface area (Å²) in [5.74, 6) is 0. The van der Waals surface area contributed by atoms with Crippen molar-refractivity contribution in [1.29, 1.82) is 0 Å². The highest BCUT2D eigenvalue weighted by atomic mass is 32.2. The molecule has 10 heteroatoms. The lowest BCUT2D eigenvalue weighted by atomic mass is 10.1. The molecule has 0 aromatic rings. The first-order valence-corrected chi connectivity index (χ1v) is 10.5. The first-order valence-electron chi connectivity index (χ1n) is 9.03. The molecule has 0 unspecified atom stereocenters. The lowest BCUT2D eigenvalue weighted by Crippen LogP contribution is -2.57. The molecule has 3 N–H and O–H groups in total. The molecule has 0 radical (unpaired) electrons. The first-order chi connectivity index (χ1) is 11.9. The van der Waals surface area contributed by atoms with Crippen molar-refractivity contribution in [3.05, 3.63) is 0 Å².